The monoisotopic (exact) mass is 329 g/mol. The zero-order valence-corrected chi connectivity index (χ0v) is 15.1. The van der Waals surface area contributed by atoms with Crippen molar-refractivity contribution < 1.29 is 4.79 Å². The first-order valence-corrected chi connectivity index (χ1v) is 9.43. The molecule has 0 radical (unpaired) electrons. The minimum atomic E-state index is -0.208. The molecule has 2 aliphatic rings. The molecule has 1 aromatic rings. The zero-order chi connectivity index (χ0) is 16.9. The lowest BCUT2D eigenvalue weighted by Crippen LogP contribution is -2.52. The summed E-state index contributed by atoms with van der Waals surface area (Å²) in [5.41, 5.74) is 1.10. The van der Waals surface area contributed by atoms with E-state index in [1.807, 2.05) is 18.2 Å². The largest absolute Gasteiger partial charge is 0.341 e. The molecule has 3 rings (SSSR count). The number of amides is 1. The van der Waals surface area contributed by atoms with Crippen molar-refractivity contribution in [2.45, 2.75) is 44.7 Å². The van der Waals surface area contributed by atoms with Crippen LogP contribution in [0.1, 0.15) is 44.2 Å². The first kappa shape index (κ1) is 17.4. The molecule has 2 fully saturated rings. The molecular weight excluding hydrogens is 298 g/mol. The van der Waals surface area contributed by atoms with Crippen molar-refractivity contribution in [3.63, 3.8) is 0 Å². The van der Waals surface area contributed by atoms with Crippen LogP contribution in [0.3, 0.4) is 0 Å². The van der Waals surface area contributed by atoms with Crippen LogP contribution < -0.4 is 5.32 Å². The van der Waals surface area contributed by atoms with Gasteiger partial charge >= 0.3 is 0 Å². The smallest absolute Gasteiger partial charge is 0.244 e. The van der Waals surface area contributed by atoms with Gasteiger partial charge in [-0.3, -0.25) is 10.1 Å². The van der Waals surface area contributed by atoms with E-state index in [1.54, 1.807) is 0 Å². The summed E-state index contributed by atoms with van der Waals surface area (Å²) in [6, 6.07) is 10.4. The Morgan fingerprint density at radius 3 is 2.50 bits per heavy atom. The second-order valence-corrected chi connectivity index (χ2v) is 7.53. The summed E-state index contributed by atoms with van der Waals surface area (Å²) in [5.74, 6) is 0.816. The Kier molecular flexibility index (Phi) is 5.90. The van der Waals surface area contributed by atoms with E-state index in [1.165, 1.54) is 6.42 Å². The summed E-state index contributed by atoms with van der Waals surface area (Å²) in [4.78, 5) is 17.6. The second-order valence-electron chi connectivity index (χ2n) is 7.53. The van der Waals surface area contributed by atoms with Gasteiger partial charge in [-0.25, -0.2) is 0 Å². The van der Waals surface area contributed by atoms with Gasteiger partial charge in [-0.15, -0.1) is 0 Å². The van der Waals surface area contributed by atoms with Gasteiger partial charge in [-0.05, 0) is 50.8 Å². The van der Waals surface area contributed by atoms with Crippen LogP contribution in [-0.2, 0) is 4.79 Å². The van der Waals surface area contributed by atoms with E-state index >= 15 is 0 Å². The molecule has 2 aliphatic heterocycles. The predicted octanol–water partition coefficient (Wildman–Crippen LogP) is 2.67. The molecule has 0 bridgehead atoms. The maximum absolute atomic E-state index is 13.2. The molecule has 4 nitrogen and oxygen atoms in total. The molecular formula is C20H31N3O. The molecule has 0 aliphatic carbocycles. The summed E-state index contributed by atoms with van der Waals surface area (Å²) >= 11 is 0. The molecule has 1 aromatic carbocycles. The van der Waals surface area contributed by atoms with Crippen LogP contribution in [-0.4, -0.2) is 55.0 Å². The lowest BCUT2D eigenvalue weighted by atomic mass is 9.92. The average molecular weight is 329 g/mol. The predicted molar refractivity (Wildman–Crippen MR) is 97.8 cm³/mol. The number of hydrogen-bond acceptors (Lipinski definition) is 3. The molecule has 132 valence electrons. The fourth-order valence-corrected chi connectivity index (χ4v) is 4.07. The zero-order valence-electron chi connectivity index (χ0n) is 15.1. The molecule has 24 heavy (non-hydrogen) atoms. The molecule has 4 heteroatoms. The quantitative estimate of drug-likeness (QED) is 0.922. The third kappa shape index (κ3) is 4.17. The van der Waals surface area contributed by atoms with Gasteiger partial charge in [0.2, 0.25) is 5.91 Å². The van der Waals surface area contributed by atoms with Crippen molar-refractivity contribution in [1.82, 2.24) is 15.1 Å². The van der Waals surface area contributed by atoms with Crippen LogP contribution in [0.5, 0.6) is 0 Å². The number of likely N-dealkylation sites (tertiary alicyclic amines) is 2. The third-order valence-electron chi connectivity index (χ3n) is 5.54. The fraction of sp³-hybridized carbons (Fsp3) is 0.650. The van der Waals surface area contributed by atoms with E-state index in [-0.39, 0.29) is 11.9 Å². The molecule has 0 spiro atoms. The SMILES string of the molecule is C[C@@H]1CN(C)CC[C@H]1N[C@H](C(=O)N1CCCCC1)c1ccccc1. The summed E-state index contributed by atoms with van der Waals surface area (Å²) < 4.78 is 0. The molecule has 0 saturated carbocycles. The number of carbonyl (C=O) groups is 1. The van der Waals surface area contributed by atoms with Crippen molar-refractivity contribution in [2.75, 3.05) is 33.2 Å². The van der Waals surface area contributed by atoms with E-state index in [0.29, 0.717) is 12.0 Å². The Bertz CT molecular complexity index is 527. The van der Waals surface area contributed by atoms with Crippen molar-refractivity contribution in [1.29, 1.82) is 0 Å². The van der Waals surface area contributed by atoms with Gasteiger partial charge in [0.25, 0.3) is 0 Å². The van der Waals surface area contributed by atoms with Gasteiger partial charge in [0.15, 0.2) is 0 Å². The molecule has 0 unspecified atom stereocenters. The van der Waals surface area contributed by atoms with Gasteiger partial charge in [-0.1, -0.05) is 37.3 Å². The van der Waals surface area contributed by atoms with E-state index in [4.69, 9.17) is 0 Å². The number of rotatable bonds is 4. The highest BCUT2D eigenvalue weighted by Crippen LogP contribution is 2.23. The number of hydrogen-bond donors (Lipinski definition) is 1. The molecule has 1 amide bonds. The number of benzene rings is 1. The van der Waals surface area contributed by atoms with Gasteiger partial charge in [0, 0.05) is 25.7 Å². The van der Waals surface area contributed by atoms with Gasteiger partial charge < -0.3 is 9.80 Å². The first-order chi connectivity index (χ1) is 11.6. The Morgan fingerprint density at radius 1 is 1.12 bits per heavy atom. The Labute approximate surface area is 146 Å². The summed E-state index contributed by atoms with van der Waals surface area (Å²) in [7, 11) is 2.18. The van der Waals surface area contributed by atoms with Gasteiger partial charge in [0.1, 0.15) is 6.04 Å². The van der Waals surface area contributed by atoms with Crippen LogP contribution in [0.25, 0.3) is 0 Å². The van der Waals surface area contributed by atoms with Crippen molar-refractivity contribution in [3.05, 3.63) is 35.9 Å². The van der Waals surface area contributed by atoms with Crippen molar-refractivity contribution in [2.24, 2.45) is 5.92 Å². The number of carbonyl (C=O) groups excluding carboxylic acids is 1. The Hall–Kier alpha value is -1.39. The third-order valence-corrected chi connectivity index (χ3v) is 5.54. The van der Waals surface area contributed by atoms with Crippen LogP contribution in [0.2, 0.25) is 0 Å². The minimum Gasteiger partial charge on any atom is -0.341 e. The number of piperidine rings is 2. The van der Waals surface area contributed by atoms with Crippen LogP contribution in [0.4, 0.5) is 0 Å². The second kappa shape index (κ2) is 8.13. The van der Waals surface area contributed by atoms with E-state index in [2.05, 4.69) is 41.2 Å². The molecule has 2 heterocycles. The molecule has 2 saturated heterocycles. The maximum atomic E-state index is 13.2. The molecule has 0 aromatic heterocycles. The van der Waals surface area contributed by atoms with Gasteiger partial charge in [-0.2, -0.15) is 0 Å². The summed E-state index contributed by atoms with van der Waals surface area (Å²) in [6.45, 7) is 6.30. The highest BCUT2D eigenvalue weighted by Gasteiger charge is 2.32. The Morgan fingerprint density at radius 2 is 1.83 bits per heavy atom. The number of nitrogens with zero attached hydrogens (tertiary/aromatic N) is 2. The van der Waals surface area contributed by atoms with Crippen LogP contribution >= 0.6 is 0 Å². The van der Waals surface area contributed by atoms with Crippen LogP contribution in [0.15, 0.2) is 30.3 Å². The van der Waals surface area contributed by atoms with Crippen molar-refractivity contribution in [3.8, 4) is 0 Å². The maximum Gasteiger partial charge on any atom is 0.244 e. The lowest BCUT2D eigenvalue weighted by Gasteiger charge is -2.39. The van der Waals surface area contributed by atoms with Gasteiger partial charge in [0.05, 0.1) is 0 Å². The standard InChI is InChI=1S/C20H31N3O/c1-16-15-22(2)14-11-18(16)21-19(17-9-5-3-6-10-17)20(24)23-12-7-4-8-13-23/h3,5-6,9-10,16,18-19,21H,4,7-8,11-15H2,1-2H3/t16-,18-,19+/m1/s1. The fourth-order valence-electron chi connectivity index (χ4n) is 4.07. The first-order valence-electron chi connectivity index (χ1n) is 9.43. The minimum absolute atomic E-state index is 0.208. The van der Waals surface area contributed by atoms with E-state index in [9.17, 15) is 4.79 Å². The summed E-state index contributed by atoms with van der Waals surface area (Å²) in [6.07, 6.45) is 4.63. The molecule has 3 atom stereocenters. The topological polar surface area (TPSA) is 35.6 Å². The molecule has 1 N–H and O–H groups in total. The highest BCUT2D eigenvalue weighted by atomic mass is 16.2. The summed E-state index contributed by atoms with van der Waals surface area (Å²) in [5, 5.41) is 3.72. The Balaban J connectivity index is 1.76. The highest BCUT2D eigenvalue weighted by molar-refractivity contribution is 5.83. The normalized spacial score (nSPS) is 27.0. The number of nitrogens with one attached hydrogen (secondary N) is 1. The average Bonchev–Trinajstić information content (AvgIpc) is 2.62. The van der Waals surface area contributed by atoms with Crippen LogP contribution in [0, 0.1) is 5.92 Å². The lowest BCUT2D eigenvalue weighted by molar-refractivity contribution is -0.135. The van der Waals surface area contributed by atoms with E-state index < -0.39 is 0 Å². The van der Waals surface area contributed by atoms with Crippen molar-refractivity contribution >= 4 is 5.91 Å². The van der Waals surface area contributed by atoms with E-state index in [0.717, 1.165) is 51.0 Å².